The maximum atomic E-state index is 10.2. The summed E-state index contributed by atoms with van der Waals surface area (Å²) in [5, 5.41) is 13.9. The van der Waals surface area contributed by atoms with Crippen molar-refractivity contribution in [1.29, 1.82) is 5.53 Å². The Morgan fingerprint density at radius 2 is 2.27 bits per heavy atom. The Kier molecular flexibility index (Phi) is 3.87. The summed E-state index contributed by atoms with van der Waals surface area (Å²) in [6.45, 7) is 3.72. The summed E-state index contributed by atoms with van der Waals surface area (Å²) in [5.41, 5.74) is 6.18. The van der Waals surface area contributed by atoms with Gasteiger partial charge in [-0.1, -0.05) is 0 Å². The summed E-state index contributed by atoms with van der Waals surface area (Å²) in [6, 6.07) is 0.145. The Morgan fingerprint density at radius 3 is 2.55 bits per heavy atom. The van der Waals surface area contributed by atoms with E-state index in [0.717, 1.165) is 0 Å². The lowest BCUT2D eigenvalue weighted by molar-refractivity contribution is -0.132. The predicted octanol–water partition coefficient (Wildman–Crippen LogP) is 0.941. The van der Waals surface area contributed by atoms with Crippen molar-refractivity contribution in [2.45, 2.75) is 19.9 Å². The third-order valence-corrected chi connectivity index (χ3v) is 0.893. The maximum Gasteiger partial charge on any atom is 0.357 e. The van der Waals surface area contributed by atoms with Gasteiger partial charge in [0.25, 0.3) is 0 Å². The number of aliphatic carboxylic acids is 1. The number of carboxylic acid groups (broad SMARTS) is 1. The van der Waals surface area contributed by atoms with Crippen LogP contribution in [0.2, 0.25) is 0 Å². The number of carbonyl (C=O) groups is 1. The van der Waals surface area contributed by atoms with Crippen LogP contribution in [0.25, 0.3) is 0 Å². The van der Waals surface area contributed by atoms with Gasteiger partial charge in [0.15, 0.2) is 5.70 Å². The fourth-order valence-corrected chi connectivity index (χ4v) is 0.387. The first kappa shape index (κ1) is 9.61. The SMILES string of the molecule is CC(C)N/C=C(\N=N)C(=O)O. The minimum Gasteiger partial charge on any atom is -0.476 e. The standard InChI is InChI=1S/C6H11N3O2/c1-4(2)8-3-5(9-7)6(10)11/h3-4,7-8H,1-2H3,(H,10,11)/b5-3-,9-7?. The molecule has 0 unspecified atom stereocenters. The van der Waals surface area contributed by atoms with E-state index in [1.165, 1.54) is 6.20 Å². The first-order valence-corrected chi connectivity index (χ1v) is 3.15. The molecule has 0 aromatic heterocycles. The minimum atomic E-state index is -1.20. The van der Waals surface area contributed by atoms with Crippen molar-refractivity contribution in [1.82, 2.24) is 5.32 Å². The number of hydrogen-bond donors (Lipinski definition) is 3. The number of hydrogen-bond acceptors (Lipinski definition) is 4. The Bertz CT molecular complexity index is 186. The summed E-state index contributed by atoms with van der Waals surface area (Å²) < 4.78 is 0. The maximum absolute atomic E-state index is 10.2. The van der Waals surface area contributed by atoms with Crippen LogP contribution in [-0.2, 0) is 4.79 Å². The topological polar surface area (TPSA) is 85.5 Å². The van der Waals surface area contributed by atoms with Crippen LogP contribution in [0.1, 0.15) is 13.8 Å². The van der Waals surface area contributed by atoms with Gasteiger partial charge in [-0.25, -0.2) is 10.3 Å². The van der Waals surface area contributed by atoms with Gasteiger partial charge in [-0.2, -0.15) is 0 Å². The highest BCUT2D eigenvalue weighted by Crippen LogP contribution is 1.93. The second-order valence-electron chi connectivity index (χ2n) is 2.27. The first-order valence-electron chi connectivity index (χ1n) is 3.15. The molecule has 0 fully saturated rings. The van der Waals surface area contributed by atoms with Crippen LogP contribution in [0.3, 0.4) is 0 Å². The van der Waals surface area contributed by atoms with Crippen LogP contribution in [0.5, 0.6) is 0 Å². The summed E-state index contributed by atoms with van der Waals surface area (Å²) in [4.78, 5) is 10.2. The highest BCUT2D eigenvalue weighted by atomic mass is 16.4. The van der Waals surface area contributed by atoms with Crippen molar-refractivity contribution in [2.24, 2.45) is 5.11 Å². The van der Waals surface area contributed by atoms with Crippen molar-refractivity contribution >= 4 is 5.97 Å². The molecule has 0 aromatic rings. The summed E-state index contributed by atoms with van der Waals surface area (Å²) in [5.74, 6) is -1.20. The largest absolute Gasteiger partial charge is 0.476 e. The van der Waals surface area contributed by atoms with Gasteiger partial charge in [0, 0.05) is 12.2 Å². The lowest BCUT2D eigenvalue weighted by Crippen LogP contribution is -2.17. The van der Waals surface area contributed by atoms with Crippen molar-refractivity contribution in [2.75, 3.05) is 0 Å². The smallest absolute Gasteiger partial charge is 0.357 e. The van der Waals surface area contributed by atoms with Crippen LogP contribution in [-0.4, -0.2) is 17.1 Å². The van der Waals surface area contributed by atoms with Gasteiger partial charge in [-0.05, 0) is 13.8 Å². The molecule has 0 aromatic carbocycles. The van der Waals surface area contributed by atoms with E-state index in [-0.39, 0.29) is 11.7 Å². The second kappa shape index (κ2) is 4.43. The molecule has 0 aliphatic carbocycles. The summed E-state index contributed by atoms with van der Waals surface area (Å²) >= 11 is 0. The number of carboxylic acids is 1. The molecule has 0 spiro atoms. The minimum absolute atomic E-state index is 0.145. The molecule has 0 rings (SSSR count). The third kappa shape index (κ3) is 4.07. The van der Waals surface area contributed by atoms with Crippen molar-refractivity contribution in [3.63, 3.8) is 0 Å². The quantitative estimate of drug-likeness (QED) is 0.419. The molecule has 0 saturated heterocycles. The molecule has 0 saturated carbocycles. The fourth-order valence-electron chi connectivity index (χ4n) is 0.387. The Morgan fingerprint density at radius 1 is 1.73 bits per heavy atom. The van der Waals surface area contributed by atoms with E-state index in [1.807, 2.05) is 13.8 Å². The van der Waals surface area contributed by atoms with Gasteiger partial charge in [0.1, 0.15) is 0 Å². The van der Waals surface area contributed by atoms with Crippen LogP contribution < -0.4 is 5.32 Å². The van der Waals surface area contributed by atoms with Crippen molar-refractivity contribution < 1.29 is 9.90 Å². The zero-order valence-electron chi connectivity index (χ0n) is 6.46. The van der Waals surface area contributed by atoms with E-state index in [0.29, 0.717) is 0 Å². The van der Waals surface area contributed by atoms with Crippen LogP contribution >= 0.6 is 0 Å². The average molecular weight is 157 g/mol. The molecule has 0 aliphatic heterocycles. The number of nitrogens with one attached hydrogen (secondary N) is 2. The van der Waals surface area contributed by atoms with Crippen LogP contribution in [0.15, 0.2) is 17.0 Å². The molecule has 62 valence electrons. The Balaban J connectivity index is 4.13. The van der Waals surface area contributed by atoms with E-state index in [9.17, 15) is 4.79 Å². The highest BCUT2D eigenvalue weighted by Gasteiger charge is 2.03. The normalized spacial score (nSPS) is 11.4. The Hall–Kier alpha value is -1.39. The van der Waals surface area contributed by atoms with Crippen LogP contribution in [0.4, 0.5) is 0 Å². The molecule has 0 bridgehead atoms. The molecule has 0 radical (unpaired) electrons. The van der Waals surface area contributed by atoms with Crippen LogP contribution in [0, 0.1) is 5.53 Å². The van der Waals surface area contributed by atoms with Gasteiger partial charge in [0.05, 0.1) is 0 Å². The zero-order valence-corrected chi connectivity index (χ0v) is 6.46. The summed E-state index contributed by atoms with van der Waals surface area (Å²) in [6.07, 6.45) is 1.21. The fraction of sp³-hybridized carbons (Fsp3) is 0.500. The molecular formula is C6H11N3O2. The van der Waals surface area contributed by atoms with E-state index in [4.69, 9.17) is 10.6 Å². The van der Waals surface area contributed by atoms with Crippen molar-refractivity contribution in [3.8, 4) is 0 Å². The molecular weight excluding hydrogens is 146 g/mol. The molecule has 5 heteroatoms. The first-order chi connectivity index (χ1) is 5.07. The van der Waals surface area contributed by atoms with Gasteiger partial charge >= 0.3 is 5.97 Å². The number of nitrogens with zero attached hydrogens (tertiary/aromatic N) is 1. The highest BCUT2D eigenvalue weighted by molar-refractivity contribution is 5.85. The molecule has 0 aliphatic rings. The molecule has 3 N–H and O–H groups in total. The second-order valence-corrected chi connectivity index (χ2v) is 2.27. The van der Waals surface area contributed by atoms with E-state index in [1.54, 1.807) is 0 Å². The molecule has 11 heavy (non-hydrogen) atoms. The lowest BCUT2D eigenvalue weighted by atomic mass is 10.4. The average Bonchev–Trinajstić information content (AvgIpc) is 1.87. The predicted molar refractivity (Wildman–Crippen MR) is 39.1 cm³/mol. The lowest BCUT2D eigenvalue weighted by Gasteiger charge is -2.02. The monoisotopic (exact) mass is 157 g/mol. The number of rotatable bonds is 4. The van der Waals surface area contributed by atoms with E-state index in [2.05, 4.69) is 10.4 Å². The third-order valence-electron chi connectivity index (χ3n) is 0.893. The summed E-state index contributed by atoms with van der Waals surface area (Å²) in [7, 11) is 0. The van der Waals surface area contributed by atoms with Gasteiger partial charge < -0.3 is 10.4 Å². The Labute approximate surface area is 64.6 Å². The molecule has 0 amide bonds. The van der Waals surface area contributed by atoms with Gasteiger partial charge in [0.2, 0.25) is 0 Å². The van der Waals surface area contributed by atoms with Gasteiger partial charge in [-0.15, -0.1) is 5.11 Å². The molecule has 0 heterocycles. The van der Waals surface area contributed by atoms with E-state index >= 15 is 0 Å². The van der Waals surface area contributed by atoms with Crippen molar-refractivity contribution in [3.05, 3.63) is 11.9 Å². The molecule has 0 atom stereocenters. The zero-order chi connectivity index (χ0) is 8.85. The molecule has 5 nitrogen and oxygen atoms in total. The van der Waals surface area contributed by atoms with E-state index < -0.39 is 5.97 Å². The van der Waals surface area contributed by atoms with Gasteiger partial charge in [-0.3, -0.25) is 0 Å².